The molecule has 0 spiro atoms. The molecule has 37 heavy (non-hydrogen) atoms. The van der Waals surface area contributed by atoms with Gasteiger partial charge in [0.2, 0.25) is 0 Å². The molecule has 0 saturated heterocycles. The highest BCUT2D eigenvalue weighted by molar-refractivity contribution is 5.00. The minimum atomic E-state index is -0.0610. The first kappa shape index (κ1) is 28.4. The van der Waals surface area contributed by atoms with E-state index in [0.29, 0.717) is 5.41 Å². The van der Waals surface area contributed by atoms with E-state index in [2.05, 4.69) is 25.7 Å². The lowest BCUT2D eigenvalue weighted by Gasteiger charge is -2.56. The number of aliphatic hydroxyl groups is 2. The molecule has 5 saturated carbocycles. The zero-order chi connectivity index (χ0) is 26.0. The molecule has 5 aliphatic carbocycles. The molecular formula is C34H61NO2. The number of nitrogens with zero attached hydrogens (tertiary/aromatic N) is 1. The van der Waals surface area contributed by atoms with Gasteiger partial charge >= 0.3 is 0 Å². The summed E-state index contributed by atoms with van der Waals surface area (Å²) in [6, 6.07) is 2.50. The Kier molecular flexibility index (Phi) is 9.67. The highest BCUT2D eigenvalue weighted by Crippen LogP contribution is 2.57. The smallest absolute Gasteiger partial charge is 0.0540 e. The van der Waals surface area contributed by atoms with Gasteiger partial charge in [-0.05, 0) is 151 Å². The van der Waals surface area contributed by atoms with Crippen molar-refractivity contribution in [2.75, 3.05) is 0 Å². The van der Waals surface area contributed by atoms with E-state index in [-0.39, 0.29) is 12.2 Å². The van der Waals surface area contributed by atoms with E-state index in [1.54, 1.807) is 0 Å². The number of rotatable bonds is 6. The van der Waals surface area contributed by atoms with E-state index in [4.69, 9.17) is 0 Å². The van der Waals surface area contributed by atoms with Crippen LogP contribution < -0.4 is 0 Å². The molecule has 3 heteroatoms. The predicted molar refractivity (Wildman–Crippen MR) is 154 cm³/mol. The van der Waals surface area contributed by atoms with E-state index in [0.717, 1.165) is 73.4 Å². The van der Waals surface area contributed by atoms with Gasteiger partial charge in [0.15, 0.2) is 0 Å². The maximum Gasteiger partial charge on any atom is 0.0540 e. The highest BCUT2D eigenvalue weighted by Gasteiger charge is 2.50. The maximum atomic E-state index is 10.3. The first-order chi connectivity index (χ1) is 17.8. The molecule has 0 heterocycles. The van der Waals surface area contributed by atoms with Crippen LogP contribution in [-0.4, -0.2) is 45.4 Å². The Balaban J connectivity index is 1.30. The second-order valence-corrected chi connectivity index (χ2v) is 15.2. The van der Waals surface area contributed by atoms with E-state index >= 15 is 0 Å². The lowest BCUT2D eigenvalue weighted by atomic mass is 9.52. The molecule has 5 rings (SSSR count). The summed E-state index contributed by atoms with van der Waals surface area (Å²) in [5, 5.41) is 20.6. The third-order valence-electron chi connectivity index (χ3n) is 12.9. The molecule has 0 aromatic rings. The van der Waals surface area contributed by atoms with Crippen LogP contribution in [0.25, 0.3) is 0 Å². The zero-order valence-corrected chi connectivity index (χ0v) is 24.8. The van der Waals surface area contributed by atoms with Crippen LogP contribution in [0.3, 0.4) is 0 Å². The topological polar surface area (TPSA) is 43.7 Å². The second-order valence-electron chi connectivity index (χ2n) is 15.2. The van der Waals surface area contributed by atoms with Crippen molar-refractivity contribution in [1.82, 2.24) is 4.90 Å². The van der Waals surface area contributed by atoms with Crippen LogP contribution in [0.4, 0.5) is 0 Å². The van der Waals surface area contributed by atoms with Gasteiger partial charge in [0.25, 0.3) is 0 Å². The number of aliphatic hydroxyl groups excluding tert-OH is 2. The summed E-state index contributed by atoms with van der Waals surface area (Å²) in [6.45, 7) is 7.67. The Morgan fingerprint density at radius 1 is 0.486 bits per heavy atom. The summed E-state index contributed by atoms with van der Waals surface area (Å²) >= 11 is 0. The normalized spacial score (nSPS) is 45.9. The van der Waals surface area contributed by atoms with Crippen molar-refractivity contribution in [2.24, 2.45) is 35.0 Å². The lowest BCUT2D eigenvalue weighted by Crippen LogP contribution is -2.54. The van der Waals surface area contributed by atoms with Crippen molar-refractivity contribution in [1.29, 1.82) is 0 Å². The lowest BCUT2D eigenvalue weighted by molar-refractivity contribution is -0.0718. The summed E-state index contributed by atoms with van der Waals surface area (Å²) in [7, 11) is 0. The fourth-order valence-electron chi connectivity index (χ4n) is 10.5. The zero-order valence-electron chi connectivity index (χ0n) is 24.8. The molecule has 0 amide bonds. The van der Waals surface area contributed by atoms with E-state index in [1.165, 1.54) is 103 Å². The molecule has 0 radical (unpaired) electrons. The molecule has 2 N–H and O–H groups in total. The molecule has 0 bridgehead atoms. The van der Waals surface area contributed by atoms with Gasteiger partial charge in [-0.3, -0.25) is 4.90 Å². The van der Waals surface area contributed by atoms with Crippen molar-refractivity contribution in [3.8, 4) is 0 Å². The first-order valence-corrected chi connectivity index (χ1v) is 17.0. The number of hydrogen-bond donors (Lipinski definition) is 2. The first-order valence-electron chi connectivity index (χ1n) is 17.0. The molecule has 0 aliphatic heterocycles. The van der Waals surface area contributed by atoms with Gasteiger partial charge in [-0.2, -0.15) is 0 Å². The Morgan fingerprint density at radius 3 is 1.38 bits per heavy atom. The Labute approximate surface area is 229 Å². The average molecular weight is 516 g/mol. The standard InChI is InChI=1S/C34H61NO2/c1-24-7-15-29(16-8-24)35(31-6-4-5-25(2)23-31)30-17-9-26(10-18-30)34(3,27-11-19-32(36)20-12-27)28-13-21-33(37)22-14-28/h24-33,36-37H,4-23H2,1-3H3. The van der Waals surface area contributed by atoms with Crippen LogP contribution in [0, 0.1) is 35.0 Å². The third-order valence-corrected chi connectivity index (χ3v) is 12.9. The maximum absolute atomic E-state index is 10.3. The monoisotopic (exact) mass is 515 g/mol. The largest absolute Gasteiger partial charge is 0.393 e. The molecule has 0 aromatic carbocycles. The van der Waals surface area contributed by atoms with Crippen molar-refractivity contribution < 1.29 is 10.2 Å². The van der Waals surface area contributed by atoms with E-state index in [1.807, 2.05) is 0 Å². The van der Waals surface area contributed by atoms with E-state index < -0.39 is 0 Å². The van der Waals surface area contributed by atoms with Crippen molar-refractivity contribution in [2.45, 2.75) is 180 Å². The minimum Gasteiger partial charge on any atom is -0.393 e. The van der Waals surface area contributed by atoms with Gasteiger partial charge in [-0.25, -0.2) is 0 Å². The van der Waals surface area contributed by atoms with Gasteiger partial charge in [-0.15, -0.1) is 0 Å². The van der Waals surface area contributed by atoms with Crippen LogP contribution >= 0.6 is 0 Å². The molecule has 214 valence electrons. The third kappa shape index (κ3) is 6.45. The van der Waals surface area contributed by atoms with Gasteiger partial charge in [0.05, 0.1) is 12.2 Å². The van der Waals surface area contributed by atoms with Crippen LogP contribution in [0.5, 0.6) is 0 Å². The molecule has 2 unspecified atom stereocenters. The fourth-order valence-corrected chi connectivity index (χ4v) is 10.5. The van der Waals surface area contributed by atoms with Crippen LogP contribution in [0.15, 0.2) is 0 Å². The van der Waals surface area contributed by atoms with Gasteiger partial charge in [-0.1, -0.05) is 33.6 Å². The quantitative estimate of drug-likeness (QED) is 0.375. The van der Waals surface area contributed by atoms with E-state index in [9.17, 15) is 10.2 Å². The Bertz CT molecular complexity index is 656. The van der Waals surface area contributed by atoms with Crippen molar-refractivity contribution >= 4 is 0 Å². The van der Waals surface area contributed by atoms with Crippen LogP contribution in [-0.2, 0) is 0 Å². The predicted octanol–water partition coefficient (Wildman–Crippen LogP) is 8.11. The van der Waals surface area contributed by atoms with Crippen LogP contribution in [0.2, 0.25) is 0 Å². The Hall–Kier alpha value is -0.120. The molecule has 0 aromatic heterocycles. The van der Waals surface area contributed by atoms with Gasteiger partial charge in [0.1, 0.15) is 0 Å². The summed E-state index contributed by atoms with van der Waals surface area (Å²) < 4.78 is 0. The number of hydrogen-bond acceptors (Lipinski definition) is 3. The van der Waals surface area contributed by atoms with Crippen LogP contribution in [0.1, 0.15) is 149 Å². The van der Waals surface area contributed by atoms with Crippen molar-refractivity contribution in [3.05, 3.63) is 0 Å². The summed E-state index contributed by atoms with van der Waals surface area (Å²) in [5.74, 6) is 4.22. The SMILES string of the molecule is CC1CCC(N(C2CCC(C(C)(C3CCC(O)CC3)C3CCC(O)CC3)CC2)C2CCCC(C)C2)CC1. The molecule has 5 aliphatic rings. The summed E-state index contributed by atoms with van der Waals surface area (Å²) in [5.41, 5.74) is 0.399. The second kappa shape index (κ2) is 12.6. The summed E-state index contributed by atoms with van der Waals surface area (Å²) in [6.07, 6.45) is 26.1. The molecule has 2 atom stereocenters. The Morgan fingerprint density at radius 2 is 0.919 bits per heavy atom. The average Bonchev–Trinajstić information content (AvgIpc) is 2.91. The summed E-state index contributed by atoms with van der Waals surface area (Å²) in [4.78, 5) is 3.16. The molecule has 3 nitrogen and oxygen atoms in total. The minimum absolute atomic E-state index is 0.0610. The molecule has 5 fully saturated rings. The van der Waals surface area contributed by atoms with Gasteiger partial charge < -0.3 is 10.2 Å². The molecular weight excluding hydrogens is 454 g/mol. The van der Waals surface area contributed by atoms with Gasteiger partial charge in [0, 0.05) is 18.1 Å². The fraction of sp³-hybridized carbons (Fsp3) is 1.00. The highest BCUT2D eigenvalue weighted by atomic mass is 16.3. The van der Waals surface area contributed by atoms with Crippen molar-refractivity contribution in [3.63, 3.8) is 0 Å².